The SMILES string of the molecule is C[Si]1(C)c2ccccc2-c2c(Nc3ccc(-c4ccc5ccccc5c4)cc3)cccc21.c1ccc2c(-c3ccc(Nc4cccc5oc6ccccc6c45)cc3)cccc2c1.c1ccc2cc(-c3ccc(Nc4cccc5oc6ccccc6c45)cc3)ccc2c1. The Balaban J connectivity index is 0.000000110. The van der Waals surface area contributed by atoms with Crippen LogP contribution in [0.1, 0.15) is 0 Å². The number of fused-ring (bicyclic) bond motifs is 12. The van der Waals surface area contributed by atoms with Crippen LogP contribution in [0.4, 0.5) is 34.1 Å². The predicted octanol–water partition coefficient (Wildman–Crippen LogP) is 23.4. The minimum Gasteiger partial charge on any atom is -0.456 e. The molecule has 0 amide bonds. The van der Waals surface area contributed by atoms with Crippen molar-refractivity contribution in [3.63, 3.8) is 0 Å². The predicted molar refractivity (Wildman–Crippen MR) is 394 cm³/mol. The Hall–Kier alpha value is -11.7. The van der Waals surface area contributed by atoms with Crippen molar-refractivity contribution in [1.82, 2.24) is 0 Å². The molecule has 0 fully saturated rings. The lowest BCUT2D eigenvalue weighted by Crippen LogP contribution is -2.49. The van der Waals surface area contributed by atoms with E-state index in [1.165, 1.54) is 92.9 Å². The quantitative estimate of drug-likeness (QED) is 0.126. The smallest absolute Gasteiger partial charge is 0.137 e. The summed E-state index contributed by atoms with van der Waals surface area (Å²) in [5.74, 6) is 0. The van der Waals surface area contributed by atoms with Crippen molar-refractivity contribution in [2.24, 2.45) is 0 Å². The minimum atomic E-state index is -1.65. The van der Waals surface area contributed by atoms with E-state index in [0.29, 0.717) is 0 Å². The Bertz CT molecular complexity index is 5580. The molecule has 6 heteroatoms. The maximum atomic E-state index is 6.01. The van der Waals surface area contributed by atoms with E-state index in [2.05, 4.69) is 296 Å². The van der Waals surface area contributed by atoms with Gasteiger partial charge < -0.3 is 24.8 Å². The molecule has 0 saturated carbocycles. The maximum absolute atomic E-state index is 6.01. The average Bonchev–Trinajstić information content (AvgIpc) is 1.61. The number of para-hydroxylation sites is 2. The molecular weight excluding hydrogens is 1140 g/mol. The van der Waals surface area contributed by atoms with Crippen LogP contribution in [0.25, 0.3) is 121 Å². The highest BCUT2D eigenvalue weighted by atomic mass is 28.3. The highest BCUT2D eigenvalue weighted by Crippen LogP contribution is 2.40. The van der Waals surface area contributed by atoms with Gasteiger partial charge >= 0.3 is 0 Å². The zero-order valence-corrected chi connectivity index (χ0v) is 52.0. The molecule has 3 heterocycles. The van der Waals surface area contributed by atoms with Gasteiger partial charge in [0.2, 0.25) is 0 Å². The number of furan rings is 2. The number of nitrogens with one attached hydrogen (secondary N) is 3. The van der Waals surface area contributed by atoms with Crippen molar-refractivity contribution in [3.8, 4) is 44.5 Å². The molecule has 0 saturated heterocycles. The molecule has 15 aromatic carbocycles. The lowest BCUT2D eigenvalue weighted by Gasteiger charge is -2.19. The van der Waals surface area contributed by atoms with Gasteiger partial charge in [0.05, 0.1) is 22.1 Å². The fourth-order valence-corrected chi connectivity index (χ4v) is 16.6. The van der Waals surface area contributed by atoms with Crippen LogP contribution in [0.2, 0.25) is 13.1 Å². The normalized spacial score (nSPS) is 12.1. The molecular formula is C86H63N3O2Si. The zero-order valence-electron chi connectivity index (χ0n) is 51.0. The lowest BCUT2D eigenvalue weighted by atomic mass is 9.98. The van der Waals surface area contributed by atoms with Gasteiger partial charge in [0, 0.05) is 39.1 Å². The molecule has 0 atom stereocenters. The molecule has 17 aromatic rings. The number of benzene rings is 15. The third kappa shape index (κ3) is 10.6. The maximum Gasteiger partial charge on any atom is 0.137 e. The van der Waals surface area contributed by atoms with Gasteiger partial charge in [-0.2, -0.15) is 0 Å². The molecule has 438 valence electrons. The summed E-state index contributed by atoms with van der Waals surface area (Å²) in [5.41, 5.74) is 20.3. The number of rotatable bonds is 9. The first-order chi connectivity index (χ1) is 45.3. The Morgan fingerprint density at radius 1 is 0.250 bits per heavy atom. The van der Waals surface area contributed by atoms with Crippen molar-refractivity contribution in [1.29, 1.82) is 0 Å². The first-order valence-corrected chi connectivity index (χ1v) is 34.4. The summed E-state index contributed by atoms with van der Waals surface area (Å²) in [6, 6.07) is 116. The fraction of sp³-hybridized carbons (Fsp3) is 0.0233. The van der Waals surface area contributed by atoms with Gasteiger partial charge in [-0.1, -0.05) is 250 Å². The minimum absolute atomic E-state index is 0.897. The van der Waals surface area contributed by atoms with Gasteiger partial charge in [-0.3, -0.25) is 0 Å². The standard InChI is InChI=1S/C30H25NSi.2C28H19NO/c1-32(2)28-12-6-5-10-26(28)30-27(11-7-13-29(30)32)31-25-18-16-22(17-19-25)24-15-14-21-8-3-4-9-23(21)20-24;1-2-9-22-19(7-1)8-5-11-23(22)20-15-17-21(18-16-20)29-25-12-6-14-27-28(25)24-10-3-4-13-26(24)30-27;1-2-7-21-18-22(13-12-19(21)6-1)20-14-16-23(17-15-20)29-25-9-5-11-27-28(25)24-8-3-4-10-26(24)30-27/h3-20,31H,1-2H3;2*1-18,29H. The number of anilines is 6. The van der Waals surface area contributed by atoms with Crippen molar-refractivity contribution < 1.29 is 8.83 Å². The second-order valence-corrected chi connectivity index (χ2v) is 28.5. The van der Waals surface area contributed by atoms with Gasteiger partial charge in [0.15, 0.2) is 0 Å². The second-order valence-electron chi connectivity index (χ2n) is 24.2. The molecule has 2 aromatic heterocycles. The second kappa shape index (κ2) is 23.7. The van der Waals surface area contributed by atoms with Crippen molar-refractivity contribution in [3.05, 3.63) is 328 Å². The third-order valence-electron chi connectivity index (χ3n) is 18.2. The van der Waals surface area contributed by atoms with Crippen molar-refractivity contribution >= 4 is 129 Å². The van der Waals surface area contributed by atoms with Crippen LogP contribution in [0.3, 0.4) is 0 Å². The number of hydrogen-bond acceptors (Lipinski definition) is 5. The number of hydrogen-bond donors (Lipinski definition) is 3. The lowest BCUT2D eigenvalue weighted by molar-refractivity contribution is 0.668. The molecule has 0 aliphatic carbocycles. The van der Waals surface area contributed by atoms with Crippen LogP contribution in [0.5, 0.6) is 0 Å². The van der Waals surface area contributed by atoms with Crippen LogP contribution in [0.15, 0.2) is 336 Å². The average molecular weight is 1200 g/mol. The monoisotopic (exact) mass is 1200 g/mol. The van der Waals surface area contributed by atoms with E-state index >= 15 is 0 Å². The van der Waals surface area contributed by atoms with Crippen LogP contribution >= 0.6 is 0 Å². The van der Waals surface area contributed by atoms with Crippen molar-refractivity contribution in [2.75, 3.05) is 16.0 Å². The summed E-state index contributed by atoms with van der Waals surface area (Å²) < 4.78 is 12.0. The van der Waals surface area contributed by atoms with Crippen LogP contribution < -0.4 is 26.3 Å². The molecule has 92 heavy (non-hydrogen) atoms. The fourth-order valence-electron chi connectivity index (χ4n) is 13.5. The van der Waals surface area contributed by atoms with E-state index in [1.807, 2.05) is 60.7 Å². The highest BCUT2D eigenvalue weighted by molar-refractivity contribution is 7.04. The third-order valence-corrected chi connectivity index (χ3v) is 21.7. The molecule has 0 bridgehead atoms. The Morgan fingerprint density at radius 3 is 1.17 bits per heavy atom. The first kappa shape index (κ1) is 55.6. The molecule has 3 N–H and O–H groups in total. The van der Waals surface area contributed by atoms with Crippen LogP contribution in [-0.4, -0.2) is 8.07 Å². The summed E-state index contributed by atoms with van der Waals surface area (Å²) in [4.78, 5) is 0. The molecule has 5 nitrogen and oxygen atoms in total. The molecule has 18 rings (SSSR count). The largest absolute Gasteiger partial charge is 0.456 e. The summed E-state index contributed by atoms with van der Waals surface area (Å²) in [6.07, 6.45) is 0. The van der Waals surface area contributed by atoms with Crippen LogP contribution in [0, 0.1) is 0 Å². The topological polar surface area (TPSA) is 62.4 Å². The molecule has 0 spiro atoms. The van der Waals surface area contributed by atoms with Crippen molar-refractivity contribution in [2.45, 2.75) is 13.1 Å². The zero-order chi connectivity index (χ0) is 61.5. The van der Waals surface area contributed by atoms with E-state index < -0.39 is 8.07 Å². The van der Waals surface area contributed by atoms with E-state index in [1.54, 1.807) is 0 Å². The van der Waals surface area contributed by atoms with Crippen LogP contribution in [-0.2, 0) is 0 Å². The van der Waals surface area contributed by atoms with E-state index in [4.69, 9.17) is 8.83 Å². The van der Waals surface area contributed by atoms with E-state index in [9.17, 15) is 0 Å². The summed E-state index contributed by atoms with van der Waals surface area (Å²) >= 11 is 0. The highest BCUT2D eigenvalue weighted by Gasteiger charge is 2.38. The summed E-state index contributed by atoms with van der Waals surface area (Å²) in [5, 5.41) is 26.0. The molecule has 0 unspecified atom stereocenters. The molecule has 1 aliphatic rings. The molecule has 1 aliphatic heterocycles. The summed E-state index contributed by atoms with van der Waals surface area (Å²) in [6.45, 7) is 4.92. The summed E-state index contributed by atoms with van der Waals surface area (Å²) in [7, 11) is -1.65. The van der Waals surface area contributed by atoms with Gasteiger partial charge in [0.1, 0.15) is 30.4 Å². The Labute approximate surface area is 535 Å². The first-order valence-electron chi connectivity index (χ1n) is 31.4. The molecule has 0 radical (unpaired) electrons. The van der Waals surface area contributed by atoms with Gasteiger partial charge in [0.25, 0.3) is 0 Å². The van der Waals surface area contributed by atoms with E-state index in [-0.39, 0.29) is 0 Å². The van der Waals surface area contributed by atoms with E-state index in [0.717, 1.165) is 72.3 Å². The Morgan fingerprint density at radius 2 is 0.620 bits per heavy atom. The van der Waals surface area contributed by atoms with Gasteiger partial charge in [-0.25, -0.2) is 0 Å². The van der Waals surface area contributed by atoms with Gasteiger partial charge in [-0.05, 0) is 173 Å². The van der Waals surface area contributed by atoms with Gasteiger partial charge in [-0.15, -0.1) is 0 Å². The Kier molecular flexibility index (Phi) is 14.3.